The van der Waals surface area contributed by atoms with Gasteiger partial charge >= 0.3 is 29.8 Å². The molecule has 0 unspecified atom stereocenters. The fourth-order valence-corrected chi connectivity index (χ4v) is 4.65. The van der Waals surface area contributed by atoms with Crippen LogP contribution >= 0.6 is 0 Å². The van der Waals surface area contributed by atoms with Gasteiger partial charge in [0.1, 0.15) is 0 Å². The summed E-state index contributed by atoms with van der Waals surface area (Å²) in [6, 6.07) is 31.4. The Hall–Kier alpha value is -5.81. The number of rotatable bonds is 9. The molecular weight excluding hydrogens is 596 g/mol. The number of hydrogen-bond acceptors (Lipinski definition) is 11. The van der Waals surface area contributed by atoms with Gasteiger partial charge in [-0.2, -0.15) is 0 Å². The third-order valence-corrected chi connectivity index (χ3v) is 6.92. The minimum atomic E-state index is -1.83. The number of carbonyl (C=O) groups excluding carboxylic acids is 5. The Balaban J connectivity index is 1.58. The van der Waals surface area contributed by atoms with Crippen molar-refractivity contribution >= 4 is 29.8 Å². The molecule has 0 aliphatic carbocycles. The molecule has 5 atom stereocenters. The standard InChI is InChI=1S/C35H28O11/c1-41-34(40)28-26(42-30(36)22-14-6-2-7-15-22)27(43-31(37)23-16-8-3-9-17-23)29(44-32(38)24-18-10-4-11-19-24)35(45-28)46-33(39)25-20-12-5-13-21-25/h2-21,26-29,35H,1H3/t26-,27-,28-,29+,35+/m0/s1. The van der Waals surface area contributed by atoms with Crippen LogP contribution in [0.5, 0.6) is 0 Å². The molecule has 0 N–H and O–H groups in total. The van der Waals surface area contributed by atoms with Crippen molar-refractivity contribution in [1.29, 1.82) is 0 Å². The normalized spacial score (nSPS) is 20.4. The maximum Gasteiger partial charge on any atom is 0.340 e. The fraction of sp³-hybridized carbons (Fsp3) is 0.171. The number of benzene rings is 4. The molecule has 0 amide bonds. The van der Waals surface area contributed by atoms with E-state index in [2.05, 4.69) is 0 Å². The molecule has 0 spiro atoms. The zero-order valence-electron chi connectivity index (χ0n) is 24.4. The third kappa shape index (κ3) is 7.45. The molecule has 1 saturated heterocycles. The first-order chi connectivity index (χ1) is 22.4. The van der Waals surface area contributed by atoms with E-state index < -0.39 is 60.6 Å². The van der Waals surface area contributed by atoms with E-state index in [-0.39, 0.29) is 22.3 Å². The van der Waals surface area contributed by atoms with Crippen molar-refractivity contribution in [3.8, 4) is 0 Å². The Morgan fingerprint density at radius 1 is 0.457 bits per heavy atom. The molecule has 0 saturated carbocycles. The highest BCUT2D eigenvalue weighted by Gasteiger charge is 2.57. The van der Waals surface area contributed by atoms with Crippen LogP contribution in [0, 0.1) is 0 Å². The molecule has 1 aliphatic rings. The quantitative estimate of drug-likeness (QED) is 0.193. The Morgan fingerprint density at radius 2 is 0.783 bits per heavy atom. The summed E-state index contributed by atoms with van der Waals surface area (Å²) in [6.07, 6.45) is -8.81. The van der Waals surface area contributed by atoms with E-state index in [0.29, 0.717) is 0 Å². The topological polar surface area (TPSA) is 141 Å². The number of esters is 5. The van der Waals surface area contributed by atoms with Crippen LogP contribution in [0.4, 0.5) is 0 Å². The molecule has 0 bridgehead atoms. The van der Waals surface area contributed by atoms with Gasteiger partial charge in [-0.25, -0.2) is 24.0 Å². The summed E-state index contributed by atoms with van der Waals surface area (Å²) in [5, 5.41) is 0. The molecule has 46 heavy (non-hydrogen) atoms. The van der Waals surface area contributed by atoms with Crippen molar-refractivity contribution in [2.24, 2.45) is 0 Å². The highest BCUT2D eigenvalue weighted by molar-refractivity contribution is 5.92. The second kappa shape index (κ2) is 14.8. The highest BCUT2D eigenvalue weighted by atomic mass is 16.7. The van der Waals surface area contributed by atoms with Crippen LogP contribution in [0.15, 0.2) is 121 Å². The van der Waals surface area contributed by atoms with Crippen LogP contribution in [0.25, 0.3) is 0 Å². The molecule has 11 heteroatoms. The van der Waals surface area contributed by atoms with Gasteiger partial charge in [0.2, 0.25) is 12.4 Å². The predicted octanol–water partition coefficient (Wildman–Crippen LogP) is 4.42. The van der Waals surface area contributed by atoms with Crippen molar-refractivity contribution in [1.82, 2.24) is 0 Å². The van der Waals surface area contributed by atoms with E-state index in [0.717, 1.165) is 7.11 Å². The summed E-state index contributed by atoms with van der Waals surface area (Å²) in [7, 11) is 1.07. The summed E-state index contributed by atoms with van der Waals surface area (Å²) in [4.78, 5) is 66.4. The first kappa shape index (κ1) is 31.6. The zero-order valence-corrected chi connectivity index (χ0v) is 24.4. The molecule has 0 radical (unpaired) electrons. The van der Waals surface area contributed by atoms with Gasteiger partial charge in [0, 0.05) is 0 Å². The monoisotopic (exact) mass is 624 g/mol. The minimum Gasteiger partial charge on any atom is -0.467 e. The smallest absolute Gasteiger partial charge is 0.340 e. The van der Waals surface area contributed by atoms with E-state index in [9.17, 15) is 24.0 Å². The van der Waals surface area contributed by atoms with Crippen molar-refractivity contribution in [3.63, 3.8) is 0 Å². The molecule has 4 aromatic rings. The molecule has 5 rings (SSSR count). The maximum atomic E-state index is 13.4. The summed E-state index contributed by atoms with van der Waals surface area (Å²) in [6.45, 7) is 0. The predicted molar refractivity (Wildman–Crippen MR) is 159 cm³/mol. The SMILES string of the molecule is COC(=O)[C@H]1O[C@H](OC(=O)c2ccccc2)[C@H](OC(=O)c2ccccc2)[C@@H](OC(=O)c2ccccc2)[C@@H]1OC(=O)c1ccccc1. The summed E-state index contributed by atoms with van der Waals surface area (Å²) < 4.78 is 33.8. The Labute approximate surface area is 263 Å². The van der Waals surface area contributed by atoms with Crippen molar-refractivity contribution < 1.29 is 52.4 Å². The molecule has 0 aromatic heterocycles. The fourth-order valence-electron chi connectivity index (χ4n) is 4.65. The second-order valence-electron chi connectivity index (χ2n) is 9.93. The number of methoxy groups -OCH3 is 1. The van der Waals surface area contributed by atoms with Gasteiger partial charge in [0.05, 0.1) is 29.4 Å². The van der Waals surface area contributed by atoms with Crippen molar-refractivity contribution in [2.45, 2.75) is 30.7 Å². The minimum absolute atomic E-state index is 0.0997. The molecular formula is C35H28O11. The van der Waals surface area contributed by atoms with Gasteiger partial charge in [-0.1, -0.05) is 72.8 Å². The van der Waals surface area contributed by atoms with Gasteiger partial charge in [0.15, 0.2) is 18.3 Å². The summed E-state index contributed by atoms with van der Waals surface area (Å²) in [5.74, 6) is -4.66. The van der Waals surface area contributed by atoms with E-state index in [1.165, 1.54) is 48.5 Å². The van der Waals surface area contributed by atoms with Gasteiger partial charge in [-0.15, -0.1) is 0 Å². The average molecular weight is 625 g/mol. The zero-order chi connectivity index (χ0) is 32.5. The van der Waals surface area contributed by atoms with Gasteiger partial charge in [0.25, 0.3) is 0 Å². The van der Waals surface area contributed by atoms with Crippen LogP contribution in [0.3, 0.4) is 0 Å². The number of carbonyl (C=O) groups is 5. The van der Waals surface area contributed by atoms with Crippen LogP contribution in [0.2, 0.25) is 0 Å². The molecule has 1 heterocycles. The van der Waals surface area contributed by atoms with Gasteiger partial charge < -0.3 is 28.4 Å². The average Bonchev–Trinajstić information content (AvgIpc) is 3.11. The molecule has 11 nitrogen and oxygen atoms in total. The third-order valence-electron chi connectivity index (χ3n) is 6.92. The van der Waals surface area contributed by atoms with Gasteiger partial charge in [-0.3, -0.25) is 0 Å². The Bertz CT molecular complexity index is 1660. The van der Waals surface area contributed by atoms with Crippen molar-refractivity contribution in [3.05, 3.63) is 144 Å². The van der Waals surface area contributed by atoms with Crippen LogP contribution in [-0.4, -0.2) is 67.7 Å². The first-order valence-electron chi connectivity index (χ1n) is 14.1. The number of ether oxygens (including phenoxy) is 6. The Morgan fingerprint density at radius 3 is 1.15 bits per heavy atom. The van der Waals surface area contributed by atoms with E-state index in [1.807, 2.05) is 0 Å². The lowest BCUT2D eigenvalue weighted by atomic mass is 9.97. The van der Waals surface area contributed by atoms with E-state index in [1.54, 1.807) is 72.8 Å². The summed E-state index contributed by atoms with van der Waals surface area (Å²) in [5.41, 5.74) is 0.429. The first-order valence-corrected chi connectivity index (χ1v) is 14.1. The van der Waals surface area contributed by atoms with E-state index >= 15 is 0 Å². The maximum absolute atomic E-state index is 13.4. The molecule has 1 aliphatic heterocycles. The van der Waals surface area contributed by atoms with Crippen LogP contribution < -0.4 is 0 Å². The lowest BCUT2D eigenvalue weighted by Crippen LogP contribution is -2.64. The van der Waals surface area contributed by atoms with Crippen LogP contribution in [-0.2, 0) is 33.2 Å². The lowest BCUT2D eigenvalue weighted by molar-refractivity contribution is -0.277. The molecule has 234 valence electrons. The Kier molecular flexibility index (Phi) is 10.2. The highest BCUT2D eigenvalue weighted by Crippen LogP contribution is 2.32. The van der Waals surface area contributed by atoms with Crippen LogP contribution in [0.1, 0.15) is 41.4 Å². The molecule has 4 aromatic carbocycles. The molecule has 1 fully saturated rings. The number of hydrogen-bond donors (Lipinski definition) is 0. The lowest BCUT2D eigenvalue weighted by Gasteiger charge is -2.43. The van der Waals surface area contributed by atoms with Crippen molar-refractivity contribution in [2.75, 3.05) is 7.11 Å². The van der Waals surface area contributed by atoms with E-state index in [4.69, 9.17) is 28.4 Å². The second-order valence-corrected chi connectivity index (χ2v) is 9.93. The largest absolute Gasteiger partial charge is 0.467 e. The van der Waals surface area contributed by atoms with Gasteiger partial charge in [-0.05, 0) is 48.5 Å². The summed E-state index contributed by atoms with van der Waals surface area (Å²) >= 11 is 0.